The summed E-state index contributed by atoms with van der Waals surface area (Å²) in [5, 5.41) is 0. The van der Waals surface area contributed by atoms with Crippen molar-refractivity contribution in [2.45, 2.75) is 99.5 Å². The lowest BCUT2D eigenvalue weighted by molar-refractivity contribution is -0.222. The first-order valence-electron chi connectivity index (χ1n) is 11.9. The normalized spacial score (nSPS) is 48.7. The van der Waals surface area contributed by atoms with Crippen LogP contribution < -0.4 is 0 Å². The number of fused-ring (bicyclic) bond motifs is 5. The van der Waals surface area contributed by atoms with Gasteiger partial charge in [0.05, 0.1) is 0 Å². The lowest BCUT2D eigenvalue weighted by Gasteiger charge is -2.72. The summed E-state index contributed by atoms with van der Waals surface area (Å²) in [6.45, 7) is 22.2. The lowest BCUT2D eigenvalue weighted by atomic mass is 9.31. The minimum atomic E-state index is -0.626. The number of hydrogen-bond donors (Lipinski definition) is 0. The molecule has 0 saturated heterocycles. The third-order valence-corrected chi connectivity index (χ3v) is 11.4. The molecule has 4 aliphatic rings. The van der Waals surface area contributed by atoms with Gasteiger partial charge in [-0.25, -0.2) is 0 Å². The topological polar surface area (TPSA) is 43.4 Å². The van der Waals surface area contributed by atoms with E-state index in [1.807, 2.05) is 13.0 Å². The molecule has 4 aliphatic carbocycles. The van der Waals surface area contributed by atoms with Gasteiger partial charge >= 0.3 is 5.97 Å². The van der Waals surface area contributed by atoms with Crippen LogP contribution >= 0.6 is 0 Å². The van der Waals surface area contributed by atoms with Crippen LogP contribution in [0.15, 0.2) is 35.5 Å². The van der Waals surface area contributed by atoms with E-state index in [9.17, 15) is 9.59 Å². The van der Waals surface area contributed by atoms with Crippen LogP contribution in [0, 0.1) is 27.1 Å². The van der Waals surface area contributed by atoms with Crippen molar-refractivity contribution in [1.82, 2.24) is 0 Å². The van der Waals surface area contributed by atoms with Gasteiger partial charge in [0, 0.05) is 18.8 Å². The number of ether oxygens (including phenoxy) is 1. The summed E-state index contributed by atoms with van der Waals surface area (Å²) in [6, 6.07) is 0. The van der Waals surface area contributed by atoms with Crippen LogP contribution in [-0.4, -0.2) is 17.4 Å². The van der Waals surface area contributed by atoms with Gasteiger partial charge in [0.2, 0.25) is 0 Å². The van der Waals surface area contributed by atoms with Crippen LogP contribution in [0.4, 0.5) is 0 Å². The molecule has 0 bridgehead atoms. The van der Waals surface area contributed by atoms with Crippen LogP contribution in [0.5, 0.6) is 0 Å². The van der Waals surface area contributed by atoms with Crippen LogP contribution in [-0.2, 0) is 14.3 Å². The number of allylic oxidation sites excluding steroid dienone is 4. The average Bonchev–Trinajstić information content (AvgIpc) is 2.90. The third kappa shape index (κ3) is 2.26. The first-order chi connectivity index (χ1) is 14.1. The minimum absolute atomic E-state index is 0.0156. The Morgan fingerprint density at radius 3 is 2.10 bits per heavy atom. The van der Waals surface area contributed by atoms with E-state index in [2.05, 4.69) is 54.2 Å². The first-order valence-corrected chi connectivity index (χ1v) is 11.9. The Hall–Kier alpha value is -1.64. The lowest BCUT2D eigenvalue weighted by Crippen LogP contribution is -2.68. The predicted molar refractivity (Wildman–Crippen MR) is 124 cm³/mol. The van der Waals surface area contributed by atoms with E-state index >= 15 is 0 Å². The van der Waals surface area contributed by atoms with Gasteiger partial charge in [-0.1, -0.05) is 52.8 Å². The second-order valence-corrected chi connectivity index (χ2v) is 12.1. The van der Waals surface area contributed by atoms with Crippen molar-refractivity contribution < 1.29 is 14.3 Å². The molecule has 0 heterocycles. The number of carbonyl (C=O) groups is 2. The maximum Gasteiger partial charge on any atom is 0.303 e. The van der Waals surface area contributed by atoms with Gasteiger partial charge in [0.1, 0.15) is 5.60 Å². The maximum absolute atomic E-state index is 12.3. The molecule has 0 aliphatic heterocycles. The molecule has 0 aromatic rings. The molecule has 6 atom stereocenters. The SMILES string of the molecule is C=C(C)[C@@]1(OC(C)=O)CC[C@@]2(C)[C@]3(C)C=C(C)C4=CC(=O)CC[C@]4(C)[C@@]3(C)CC[C@@]21C. The van der Waals surface area contributed by atoms with Crippen molar-refractivity contribution in [3.05, 3.63) is 35.5 Å². The van der Waals surface area contributed by atoms with Crippen LogP contribution in [0.1, 0.15) is 93.9 Å². The Bertz CT molecular complexity index is 955. The maximum atomic E-state index is 12.3. The molecule has 4 rings (SSSR count). The van der Waals surface area contributed by atoms with Gasteiger partial charge in [-0.2, -0.15) is 0 Å². The van der Waals surface area contributed by atoms with Gasteiger partial charge in [-0.05, 0) is 84.8 Å². The first kappa shape index (κ1) is 22.6. The predicted octanol–water partition coefficient (Wildman–Crippen LogP) is 6.73. The summed E-state index contributed by atoms with van der Waals surface area (Å²) >= 11 is 0. The summed E-state index contributed by atoms with van der Waals surface area (Å²) in [7, 11) is 0. The summed E-state index contributed by atoms with van der Waals surface area (Å²) < 4.78 is 6.21. The standard InChI is InChI=1S/C28H40O3/c1-18(2)28(31-20(4)29)15-14-25(7)26(28,8)13-12-24(6)23(5)11-10-21(30)16-22(23)19(3)17-27(24,25)9/h16-17H,1,10-15H2,2-9H3/t23-,24+,25+,26-,27+,28-/m0/s1. The van der Waals surface area contributed by atoms with Crippen molar-refractivity contribution in [3.8, 4) is 0 Å². The fourth-order valence-corrected chi connectivity index (χ4v) is 8.98. The van der Waals surface area contributed by atoms with Crippen molar-refractivity contribution in [3.63, 3.8) is 0 Å². The second kappa shape index (κ2) is 6.23. The zero-order valence-electron chi connectivity index (χ0n) is 20.8. The molecule has 31 heavy (non-hydrogen) atoms. The second-order valence-electron chi connectivity index (χ2n) is 12.1. The molecular weight excluding hydrogens is 384 g/mol. The molecule has 3 nitrogen and oxygen atoms in total. The molecule has 170 valence electrons. The molecule has 3 heteroatoms. The molecule has 0 aromatic carbocycles. The molecule has 2 saturated carbocycles. The highest BCUT2D eigenvalue weighted by Gasteiger charge is 2.77. The Balaban J connectivity index is 1.98. The zero-order valence-corrected chi connectivity index (χ0v) is 20.8. The third-order valence-electron chi connectivity index (χ3n) is 11.4. The van der Waals surface area contributed by atoms with Gasteiger partial charge in [-0.3, -0.25) is 9.59 Å². The highest BCUT2D eigenvalue weighted by atomic mass is 16.6. The summed E-state index contributed by atoms with van der Waals surface area (Å²) in [6.07, 6.45) is 9.81. The van der Waals surface area contributed by atoms with E-state index in [0.29, 0.717) is 6.42 Å². The summed E-state index contributed by atoms with van der Waals surface area (Å²) in [5.41, 5.74) is 2.45. The highest BCUT2D eigenvalue weighted by molar-refractivity contribution is 5.92. The highest BCUT2D eigenvalue weighted by Crippen LogP contribution is 2.82. The summed E-state index contributed by atoms with van der Waals surface area (Å²) in [4.78, 5) is 24.6. The van der Waals surface area contributed by atoms with Gasteiger partial charge in [0.15, 0.2) is 5.78 Å². The number of hydrogen-bond acceptors (Lipinski definition) is 3. The van der Waals surface area contributed by atoms with Crippen LogP contribution in [0.25, 0.3) is 0 Å². The Labute approximate surface area is 188 Å². The Morgan fingerprint density at radius 2 is 1.52 bits per heavy atom. The van der Waals surface area contributed by atoms with Crippen molar-refractivity contribution in [2.75, 3.05) is 0 Å². The monoisotopic (exact) mass is 424 g/mol. The molecule has 2 fully saturated rings. The smallest absolute Gasteiger partial charge is 0.303 e. The van der Waals surface area contributed by atoms with E-state index in [1.165, 1.54) is 18.1 Å². The van der Waals surface area contributed by atoms with E-state index in [-0.39, 0.29) is 38.8 Å². The Kier molecular flexibility index (Phi) is 4.53. The van der Waals surface area contributed by atoms with Crippen molar-refractivity contribution >= 4 is 11.8 Å². The minimum Gasteiger partial charge on any atom is -0.454 e. The number of ketones is 1. The van der Waals surface area contributed by atoms with Crippen molar-refractivity contribution in [1.29, 1.82) is 0 Å². The van der Waals surface area contributed by atoms with Gasteiger partial charge in [-0.15, -0.1) is 0 Å². The van der Waals surface area contributed by atoms with E-state index in [4.69, 9.17) is 4.74 Å². The van der Waals surface area contributed by atoms with Crippen LogP contribution in [0.2, 0.25) is 0 Å². The molecule has 0 amide bonds. The van der Waals surface area contributed by atoms with Crippen LogP contribution in [0.3, 0.4) is 0 Å². The summed E-state index contributed by atoms with van der Waals surface area (Å²) in [5.74, 6) is 0.0432. The fraction of sp³-hybridized carbons (Fsp3) is 0.714. The van der Waals surface area contributed by atoms with E-state index in [0.717, 1.165) is 37.7 Å². The largest absolute Gasteiger partial charge is 0.454 e. The van der Waals surface area contributed by atoms with Crippen molar-refractivity contribution in [2.24, 2.45) is 27.1 Å². The van der Waals surface area contributed by atoms with E-state index < -0.39 is 5.60 Å². The fourth-order valence-electron chi connectivity index (χ4n) is 8.98. The molecule has 0 unspecified atom stereocenters. The Morgan fingerprint density at radius 1 is 0.935 bits per heavy atom. The molecule has 0 N–H and O–H groups in total. The number of rotatable bonds is 2. The molecule has 0 spiro atoms. The molecular formula is C28H40O3. The number of esters is 1. The van der Waals surface area contributed by atoms with E-state index in [1.54, 1.807) is 0 Å². The molecule has 0 aromatic heterocycles. The molecule has 0 radical (unpaired) electrons. The zero-order chi connectivity index (χ0) is 23.3. The van der Waals surface area contributed by atoms with Gasteiger partial charge < -0.3 is 4.74 Å². The quantitative estimate of drug-likeness (QED) is 0.364. The van der Waals surface area contributed by atoms with Gasteiger partial charge in [0.25, 0.3) is 0 Å². The average molecular weight is 425 g/mol. The number of carbonyl (C=O) groups excluding carboxylic acids is 2.